The first-order valence-corrected chi connectivity index (χ1v) is 6.12. The maximum absolute atomic E-state index is 12.3. The number of methoxy groups -OCH3 is 2. The lowest BCUT2D eigenvalue weighted by molar-refractivity contribution is -0.497. The molecule has 0 radical (unpaired) electrons. The van der Waals surface area contributed by atoms with Gasteiger partial charge in [-0.25, -0.2) is 4.79 Å². The molecule has 112 valence electrons. The minimum atomic E-state index is -1.50. The second-order valence-corrected chi connectivity index (χ2v) is 4.02. The van der Waals surface area contributed by atoms with Crippen molar-refractivity contribution in [2.75, 3.05) is 25.7 Å². The van der Waals surface area contributed by atoms with Gasteiger partial charge in [-0.05, 0) is 24.3 Å². The van der Waals surface area contributed by atoms with Gasteiger partial charge < -0.3 is 25.0 Å². The molecule has 0 aliphatic rings. The van der Waals surface area contributed by atoms with Gasteiger partial charge in [-0.15, -0.1) is 6.58 Å². The van der Waals surface area contributed by atoms with Crippen molar-refractivity contribution in [2.45, 2.75) is 6.04 Å². The Bertz CT molecular complexity index is 528. The summed E-state index contributed by atoms with van der Waals surface area (Å²) in [4.78, 5) is 25.1. The van der Waals surface area contributed by atoms with Crippen molar-refractivity contribution in [2.24, 2.45) is 0 Å². The van der Waals surface area contributed by atoms with Gasteiger partial charge in [0.15, 0.2) is 0 Å². The van der Waals surface area contributed by atoms with Crippen molar-refractivity contribution >= 4 is 17.6 Å². The molecule has 1 aromatic carbocycles. The average Bonchev–Trinajstić information content (AvgIpc) is 2.53. The van der Waals surface area contributed by atoms with Gasteiger partial charge >= 0.3 is 17.9 Å². The number of hydrogen-bond donors (Lipinski definition) is 1. The Morgan fingerprint density at radius 2 is 2.00 bits per heavy atom. The molecule has 1 atom stereocenters. The van der Waals surface area contributed by atoms with E-state index < -0.39 is 17.9 Å². The van der Waals surface area contributed by atoms with Gasteiger partial charge in [-0.3, -0.25) is 4.79 Å². The van der Waals surface area contributed by atoms with E-state index in [4.69, 9.17) is 10.3 Å². The van der Waals surface area contributed by atoms with Crippen LogP contribution in [0.2, 0.25) is 0 Å². The maximum Gasteiger partial charge on any atom is 0.384 e. The van der Waals surface area contributed by atoms with Gasteiger partial charge in [0.2, 0.25) is 0 Å². The fraction of sp³-hybridized carbons (Fsp3) is 0.286. The summed E-state index contributed by atoms with van der Waals surface area (Å²) in [5.41, 5.74) is 9.53. The fourth-order valence-electron chi connectivity index (χ4n) is 1.70. The Kier molecular flexibility index (Phi) is 6.06. The van der Waals surface area contributed by atoms with Crippen LogP contribution in [0.5, 0.6) is 5.75 Å². The van der Waals surface area contributed by atoms with Gasteiger partial charge in [0.25, 0.3) is 0 Å². The number of benzene rings is 1. The molecular weight excluding hydrogens is 274 g/mol. The molecule has 1 aromatic rings. The predicted molar refractivity (Wildman–Crippen MR) is 75.7 cm³/mol. The number of hydrogen-bond acceptors (Lipinski definition) is 4. The molecule has 0 bridgehead atoms. The first-order chi connectivity index (χ1) is 10.1. The van der Waals surface area contributed by atoms with Crippen LogP contribution in [0.1, 0.15) is 0 Å². The first-order valence-electron chi connectivity index (χ1n) is 6.12. The molecule has 0 aliphatic carbocycles. The van der Waals surface area contributed by atoms with Crippen molar-refractivity contribution in [1.29, 1.82) is 0 Å². The predicted octanol–water partition coefficient (Wildman–Crippen LogP) is -0.142. The Morgan fingerprint density at radius 3 is 2.43 bits per heavy atom. The molecule has 1 amide bonds. The molecule has 0 fully saturated rings. The number of rotatable bonds is 7. The molecule has 1 unspecified atom stereocenters. The van der Waals surface area contributed by atoms with Crippen molar-refractivity contribution in [1.82, 2.24) is 0 Å². The molecule has 1 rings (SSSR count). The lowest BCUT2D eigenvalue weighted by atomic mass is 10.2. The molecule has 0 aliphatic heterocycles. The summed E-state index contributed by atoms with van der Waals surface area (Å²) in [6.07, 6.45) is 1.51. The van der Waals surface area contributed by atoms with Crippen LogP contribution in [-0.4, -0.2) is 38.7 Å². The standard InChI is InChI=1S/C14H17N3O4/c1-4-9-17(10-5-7-11(20-2)8-6-10)13(18)12(16-15)14(19)21-3/h4-8,12,16H,1,9H2,2-3H3. The Morgan fingerprint density at radius 1 is 1.38 bits per heavy atom. The highest BCUT2D eigenvalue weighted by Crippen LogP contribution is 2.19. The minimum absolute atomic E-state index is 0.167. The van der Waals surface area contributed by atoms with Crippen LogP contribution in [0.3, 0.4) is 0 Å². The highest BCUT2D eigenvalue weighted by molar-refractivity contribution is 6.08. The molecule has 7 nitrogen and oxygen atoms in total. The summed E-state index contributed by atoms with van der Waals surface area (Å²) in [5.74, 6) is -0.908. The third kappa shape index (κ3) is 3.88. The van der Waals surface area contributed by atoms with Crippen LogP contribution in [0, 0.1) is 0 Å². The van der Waals surface area contributed by atoms with Crippen LogP contribution >= 0.6 is 0 Å². The van der Waals surface area contributed by atoms with E-state index in [-0.39, 0.29) is 6.54 Å². The fourth-order valence-corrected chi connectivity index (χ4v) is 1.70. The molecule has 7 heteroatoms. The molecule has 21 heavy (non-hydrogen) atoms. The van der Waals surface area contributed by atoms with Crippen LogP contribution < -0.4 is 14.8 Å². The van der Waals surface area contributed by atoms with Crippen molar-refractivity contribution < 1.29 is 24.2 Å². The largest absolute Gasteiger partial charge is 0.507 e. The SMILES string of the molecule is C=CCN(C(=O)C([NH+]=[N-])C(=O)OC)c1ccc(OC)cc1. The van der Waals surface area contributed by atoms with E-state index >= 15 is 0 Å². The topological polar surface area (TPSA) is 92.1 Å². The van der Waals surface area contributed by atoms with Crippen LogP contribution in [0.4, 0.5) is 5.69 Å². The number of carbonyl (C=O) groups excluding carboxylic acids is 2. The summed E-state index contributed by atoms with van der Waals surface area (Å²) >= 11 is 0. The van der Waals surface area contributed by atoms with E-state index in [1.54, 1.807) is 29.4 Å². The molecule has 0 spiro atoms. The van der Waals surface area contributed by atoms with Gasteiger partial charge in [-0.1, -0.05) is 6.08 Å². The van der Waals surface area contributed by atoms with Crippen LogP contribution in [0.15, 0.2) is 36.9 Å². The highest BCUT2D eigenvalue weighted by atomic mass is 16.5. The summed E-state index contributed by atoms with van der Waals surface area (Å²) in [6, 6.07) is 5.17. The normalized spacial score (nSPS) is 11.1. The molecule has 0 heterocycles. The number of ether oxygens (including phenoxy) is 2. The third-order valence-corrected chi connectivity index (χ3v) is 2.77. The Hall–Kier alpha value is -2.70. The second-order valence-electron chi connectivity index (χ2n) is 4.02. The molecular formula is C14H17N3O4. The van der Waals surface area contributed by atoms with Crippen LogP contribution in [0.25, 0.3) is 5.53 Å². The summed E-state index contributed by atoms with van der Waals surface area (Å²) in [7, 11) is 2.66. The highest BCUT2D eigenvalue weighted by Gasteiger charge is 2.34. The zero-order chi connectivity index (χ0) is 15.8. The quantitative estimate of drug-likeness (QED) is 0.327. The number of nitrogens with zero attached hydrogens (tertiary/aromatic N) is 2. The van der Waals surface area contributed by atoms with Crippen LogP contribution in [-0.2, 0) is 14.3 Å². The van der Waals surface area contributed by atoms with Gasteiger partial charge in [0.05, 0.1) is 14.2 Å². The Balaban J connectivity index is 3.08. The summed E-state index contributed by atoms with van der Waals surface area (Å²) in [6.45, 7) is 3.74. The number of nitrogens with one attached hydrogen (secondary N) is 1. The average molecular weight is 291 g/mol. The smallest absolute Gasteiger partial charge is 0.384 e. The molecule has 0 saturated heterocycles. The zero-order valence-corrected chi connectivity index (χ0v) is 11.9. The second kappa shape index (κ2) is 7.78. The monoisotopic (exact) mass is 291 g/mol. The zero-order valence-electron chi connectivity index (χ0n) is 11.9. The number of amides is 1. The van der Waals surface area contributed by atoms with E-state index in [1.165, 1.54) is 18.1 Å². The summed E-state index contributed by atoms with van der Waals surface area (Å²) < 4.78 is 9.51. The molecule has 1 N–H and O–H groups in total. The molecule has 0 aromatic heterocycles. The van der Waals surface area contributed by atoms with Gasteiger partial charge in [-0.2, -0.15) is 0 Å². The summed E-state index contributed by atoms with van der Waals surface area (Å²) in [5, 5.41) is 1.66. The van der Waals surface area contributed by atoms with E-state index in [2.05, 4.69) is 11.3 Å². The van der Waals surface area contributed by atoms with Gasteiger partial charge in [0, 0.05) is 12.2 Å². The van der Waals surface area contributed by atoms with Crippen molar-refractivity contribution in [3.8, 4) is 5.75 Å². The Labute approximate surface area is 122 Å². The number of anilines is 1. The minimum Gasteiger partial charge on any atom is -0.507 e. The number of esters is 1. The lowest BCUT2D eigenvalue weighted by Crippen LogP contribution is -2.79. The van der Waals surface area contributed by atoms with E-state index in [0.717, 1.165) is 7.11 Å². The van der Waals surface area contributed by atoms with E-state index in [9.17, 15) is 9.59 Å². The van der Waals surface area contributed by atoms with Crippen molar-refractivity contribution in [3.05, 3.63) is 42.5 Å². The lowest BCUT2D eigenvalue weighted by Gasteiger charge is -2.22. The first kappa shape index (κ1) is 16.4. The van der Waals surface area contributed by atoms with E-state index in [1.807, 2.05) is 0 Å². The van der Waals surface area contributed by atoms with Crippen molar-refractivity contribution in [3.63, 3.8) is 0 Å². The van der Waals surface area contributed by atoms with Gasteiger partial charge in [0.1, 0.15) is 5.75 Å². The molecule has 0 saturated carbocycles. The van der Waals surface area contributed by atoms with E-state index in [0.29, 0.717) is 11.4 Å². The number of carbonyl (C=O) groups is 2. The maximum atomic E-state index is 12.3. The third-order valence-electron chi connectivity index (χ3n) is 2.77.